The van der Waals surface area contributed by atoms with E-state index in [-0.39, 0.29) is 5.91 Å². The van der Waals surface area contributed by atoms with Gasteiger partial charge >= 0.3 is 0 Å². The van der Waals surface area contributed by atoms with Gasteiger partial charge in [0, 0.05) is 18.7 Å². The molecule has 5 nitrogen and oxygen atoms in total. The molecule has 0 saturated carbocycles. The van der Waals surface area contributed by atoms with Crippen LogP contribution in [-0.4, -0.2) is 46.9 Å². The molecule has 0 aliphatic carbocycles. The standard InChI is InChI=1S/C22H23N3O2/c1-16-8-9-20(17(2)14-16)25-21(22(26)24-10-12-27-13-11-24)15-19(23-25)18-6-4-3-5-7-18/h3-9,14-15H,10-13H2,1-2H3. The summed E-state index contributed by atoms with van der Waals surface area (Å²) in [4.78, 5) is 15.1. The molecule has 0 N–H and O–H groups in total. The second kappa shape index (κ2) is 7.37. The minimum Gasteiger partial charge on any atom is -0.378 e. The van der Waals surface area contributed by atoms with Crippen molar-refractivity contribution < 1.29 is 9.53 Å². The van der Waals surface area contributed by atoms with Crippen molar-refractivity contribution in [2.24, 2.45) is 0 Å². The summed E-state index contributed by atoms with van der Waals surface area (Å²) in [6.07, 6.45) is 0. The molecule has 1 aliphatic rings. The summed E-state index contributed by atoms with van der Waals surface area (Å²) < 4.78 is 7.18. The first-order valence-corrected chi connectivity index (χ1v) is 9.23. The van der Waals surface area contributed by atoms with Gasteiger partial charge in [-0.25, -0.2) is 4.68 Å². The minimum atomic E-state index is -0.00652. The number of aryl methyl sites for hydroxylation is 2. The molecular weight excluding hydrogens is 338 g/mol. The SMILES string of the molecule is Cc1ccc(-n2nc(-c3ccccc3)cc2C(=O)N2CCOCC2)c(C)c1. The average molecular weight is 361 g/mol. The fraction of sp³-hybridized carbons (Fsp3) is 0.273. The third-order valence-corrected chi connectivity index (χ3v) is 4.88. The Balaban J connectivity index is 1.82. The smallest absolute Gasteiger partial charge is 0.272 e. The van der Waals surface area contributed by atoms with Crippen molar-refractivity contribution >= 4 is 5.91 Å². The van der Waals surface area contributed by atoms with Crippen molar-refractivity contribution in [2.45, 2.75) is 13.8 Å². The second-order valence-corrected chi connectivity index (χ2v) is 6.89. The first-order chi connectivity index (χ1) is 13.1. The minimum absolute atomic E-state index is 0.00652. The van der Waals surface area contributed by atoms with Crippen LogP contribution in [0.4, 0.5) is 0 Å². The first kappa shape index (κ1) is 17.5. The number of hydrogen-bond acceptors (Lipinski definition) is 3. The van der Waals surface area contributed by atoms with Gasteiger partial charge in [-0.15, -0.1) is 0 Å². The number of benzene rings is 2. The molecular formula is C22H23N3O2. The van der Waals surface area contributed by atoms with Gasteiger partial charge in [0.25, 0.3) is 5.91 Å². The lowest BCUT2D eigenvalue weighted by atomic mass is 10.1. The number of carbonyl (C=O) groups excluding carboxylic acids is 1. The van der Waals surface area contributed by atoms with Gasteiger partial charge in [-0.1, -0.05) is 48.0 Å². The van der Waals surface area contributed by atoms with Crippen LogP contribution in [0.2, 0.25) is 0 Å². The highest BCUT2D eigenvalue weighted by Crippen LogP contribution is 2.25. The zero-order valence-corrected chi connectivity index (χ0v) is 15.7. The zero-order chi connectivity index (χ0) is 18.8. The summed E-state index contributed by atoms with van der Waals surface area (Å²) >= 11 is 0. The number of rotatable bonds is 3. The van der Waals surface area contributed by atoms with Crippen molar-refractivity contribution in [1.82, 2.24) is 14.7 Å². The fourth-order valence-corrected chi connectivity index (χ4v) is 3.44. The third kappa shape index (κ3) is 3.51. The topological polar surface area (TPSA) is 47.4 Å². The maximum atomic E-state index is 13.2. The second-order valence-electron chi connectivity index (χ2n) is 6.89. The number of nitrogens with zero attached hydrogens (tertiary/aromatic N) is 3. The monoisotopic (exact) mass is 361 g/mol. The molecule has 0 bridgehead atoms. The molecule has 27 heavy (non-hydrogen) atoms. The zero-order valence-electron chi connectivity index (χ0n) is 15.7. The lowest BCUT2D eigenvalue weighted by Gasteiger charge is -2.27. The van der Waals surface area contributed by atoms with Crippen molar-refractivity contribution in [2.75, 3.05) is 26.3 Å². The van der Waals surface area contributed by atoms with E-state index in [0.717, 1.165) is 22.5 Å². The Hall–Kier alpha value is -2.92. The normalized spacial score (nSPS) is 14.4. The number of morpholine rings is 1. The number of hydrogen-bond donors (Lipinski definition) is 0. The first-order valence-electron chi connectivity index (χ1n) is 9.23. The Morgan fingerprint density at radius 1 is 1.00 bits per heavy atom. The molecule has 2 aromatic carbocycles. The van der Waals surface area contributed by atoms with Gasteiger partial charge in [0.15, 0.2) is 0 Å². The summed E-state index contributed by atoms with van der Waals surface area (Å²) in [6.45, 7) is 6.49. The number of amides is 1. The molecule has 1 fully saturated rings. The molecule has 5 heteroatoms. The summed E-state index contributed by atoms with van der Waals surface area (Å²) in [5, 5.41) is 4.80. The number of carbonyl (C=O) groups is 1. The van der Waals surface area contributed by atoms with E-state index in [2.05, 4.69) is 26.0 Å². The lowest BCUT2D eigenvalue weighted by Crippen LogP contribution is -2.41. The molecule has 0 atom stereocenters. The van der Waals surface area contributed by atoms with Crippen LogP contribution in [0.25, 0.3) is 16.9 Å². The predicted molar refractivity (Wildman–Crippen MR) is 105 cm³/mol. The molecule has 4 rings (SSSR count). The summed E-state index contributed by atoms with van der Waals surface area (Å²) in [6, 6.07) is 18.1. The highest BCUT2D eigenvalue weighted by Gasteiger charge is 2.24. The quantitative estimate of drug-likeness (QED) is 0.716. The van der Waals surface area contributed by atoms with Crippen LogP contribution in [0.5, 0.6) is 0 Å². The van der Waals surface area contributed by atoms with Crippen LogP contribution in [0.3, 0.4) is 0 Å². The highest BCUT2D eigenvalue weighted by molar-refractivity contribution is 5.94. The Morgan fingerprint density at radius 3 is 2.44 bits per heavy atom. The summed E-state index contributed by atoms with van der Waals surface area (Å²) in [5.74, 6) is -0.00652. The van der Waals surface area contributed by atoms with Crippen LogP contribution < -0.4 is 0 Å². The van der Waals surface area contributed by atoms with E-state index in [1.807, 2.05) is 47.4 Å². The molecule has 0 spiro atoms. The van der Waals surface area contributed by atoms with E-state index in [1.54, 1.807) is 4.68 Å². The van der Waals surface area contributed by atoms with Crippen molar-refractivity contribution in [3.63, 3.8) is 0 Å². The Labute approximate surface area is 159 Å². The van der Waals surface area contributed by atoms with Gasteiger partial charge in [-0.3, -0.25) is 4.79 Å². The van der Waals surface area contributed by atoms with E-state index < -0.39 is 0 Å². The number of ether oxygens (including phenoxy) is 1. The van der Waals surface area contributed by atoms with E-state index >= 15 is 0 Å². The maximum absolute atomic E-state index is 13.2. The molecule has 3 aromatic rings. The molecule has 0 unspecified atom stereocenters. The lowest BCUT2D eigenvalue weighted by molar-refractivity contribution is 0.0297. The third-order valence-electron chi connectivity index (χ3n) is 4.88. The van der Waals surface area contributed by atoms with Crippen LogP contribution in [0.15, 0.2) is 54.6 Å². The molecule has 2 heterocycles. The van der Waals surface area contributed by atoms with E-state index in [0.29, 0.717) is 32.0 Å². The Bertz CT molecular complexity index is 957. The molecule has 1 saturated heterocycles. The summed E-state index contributed by atoms with van der Waals surface area (Å²) in [5.41, 5.74) is 5.59. The fourth-order valence-electron chi connectivity index (χ4n) is 3.44. The van der Waals surface area contributed by atoms with Crippen LogP contribution >= 0.6 is 0 Å². The van der Waals surface area contributed by atoms with E-state index in [4.69, 9.17) is 9.84 Å². The Morgan fingerprint density at radius 2 is 1.74 bits per heavy atom. The molecule has 1 amide bonds. The van der Waals surface area contributed by atoms with Gasteiger partial charge in [-0.05, 0) is 31.5 Å². The van der Waals surface area contributed by atoms with Gasteiger partial charge in [0.1, 0.15) is 5.69 Å². The molecule has 138 valence electrons. The van der Waals surface area contributed by atoms with Gasteiger partial charge < -0.3 is 9.64 Å². The largest absolute Gasteiger partial charge is 0.378 e. The van der Waals surface area contributed by atoms with Crippen molar-refractivity contribution in [1.29, 1.82) is 0 Å². The highest BCUT2D eigenvalue weighted by atomic mass is 16.5. The van der Waals surface area contributed by atoms with Gasteiger partial charge in [-0.2, -0.15) is 5.10 Å². The van der Waals surface area contributed by atoms with E-state index in [9.17, 15) is 4.79 Å². The van der Waals surface area contributed by atoms with Crippen LogP contribution in [0, 0.1) is 13.8 Å². The molecule has 0 radical (unpaired) electrons. The maximum Gasteiger partial charge on any atom is 0.272 e. The van der Waals surface area contributed by atoms with Gasteiger partial charge in [0.05, 0.1) is 24.6 Å². The number of aromatic nitrogens is 2. The van der Waals surface area contributed by atoms with Crippen LogP contribution in [-0.2, 0) is 4.74 Å². The van der Waals surface area contributed by atoms with Crippen LogP contribution in [0.1, 0.15) is 21.6 Å². The molecule has 1 aliphatic heterocycles. The average Bonchev–Trinajstić information content (AvgIpc) is 3.14. The predicted octanol–water partition coefficient (Wildman–Crippen LogP) is 3.63. The van der Waals surface area contributed by atoms with Crippen molar-refractivity contribution in [3.8, 4) is 16.9 Å². The van der Waals surface area contributed by atoms with Crippen molar-refractivity contribution in [3.05, 3.63) is 71.4 Å². The van der Waals surface area contributed by atoms with Gasteiger partial charge in [0.2, 0.25) is 0 Å². The molecule has 1 aromatic heterocycles. The summed E-state index contributed by atoms with van der Waals surface area (Å²) in [7, 11) is 0. The Kier molecular flexibility index (Phi) is 4.77. The van der Waals surface area contributed by atoms with E-state index in [1.165, 1.54) is 5.56 Å².